The van der Waals surface area contributed by atoms with E-state index in [1.165, 1.54) is 0 Å². The summed E-state index contributed by atoms with van der Waals surface area (Å²) in [5.41, 5.74) is 2.66. The van der Waals surface area contributed by atoms with Crippen molar-refractivity contribution in [1.29, 1.82) is 0 Å². The largest absolute Gasteiger partial charge is 0.396 e. The first-order chi connectivity index (χ1) is 12.4. The Labute approximate surface area is 160 Å². The lowest BCUT2D eigenvalue weighted by Gasteiger charge is -2.24. The van der Waals surface area contributed by atoms with E-state index < -0.39 is 9.84 Å². The molecular formula is C20H22ClNO3S. The minimum atomic E-state index is -3.46. The number of aliphatic hydroxyl groups excluding tert-OH is 1. The molecule has 1 aliphatic rings. The molecule has 0 aliphatic carbocycles. The van der Waals surface area contributed by atoms with Crippen molar-refractivity contribution in [3.8, 4) is 0 Å². The van der Waals surface area contributed by atoms with Gasteiger partial charge in [-0.3, -0.25) is 0 Å². The van der Waals surface area contributed by atoms with Crippen LogP contribution in [0.3, 0.4) is 0 Å². The average Bonchev–Trinajstić information content (AvgIpc) is 2.66. The number of halogens is 1. The van der Waals surface area contributed by atoms with Crippen LogP contribution in [0.5, 0.6) is 0 Å². The van der Waals surface area contributed by atoms with Crippen LogP contribution in [0.2, 0.25) is 5.02 Å². The van der Waals surface area contributed by atoms with Crippen LogP contribution in [-0.4, -0.2) is 32.4 Å². The summed E-state index contributed by atoms with van der Waals surface area (Å²) in [6, 6.07) is 14.7. The van der Waals surface area contributed by atoms with Gasteiger partial charge in [-0.15, -0.1) is 0 Å². The van der Waals surface area contributed by atoms with Crippen LogP contribution in [0.4, 0.5) is 0 Å². The van der Waals surface area contributed by atoms with Gasteiger partial charge in [0.05, 0.1) is 16.7 Å². The zero-order valence-corrected chi connectivity index (χ0v) is 16.2. The molecule has 1 heterocycles. The predicted octanol–water partition coefficient (Wildman–Crippen LogP) is 3.28. The summed E-state index contributed by atoms with van der Waals surface area (Å²) in [5.74, 6) is 0.108. The third-order valence-electron chi connectivity index (χ3n) is 4.79. The summed E-state index contributed by atoms with van der Waals surface area (Å²) < 4.78 is 26.0. The van der Waals surface area contributed by atoms with Gasteiger partial charge in [0.15, 0.2) is 9.84 Å². The zero-order chi connectivity index (χ0) is 18.7. The van der Waals surface area contributed by atoms with Gasteiger partial charge in [-0.05, 0) is 60.7 Å². The Hall–Kier alpha value is -1.58. The number of hydrogen-bond acceptors (Lipinski definition) is 4. The minimum Gasteiger partial charge on any atom is -0.396 e. The van der Waals surface area contributed by atoms with E-state index in [4.69, 9.17) is 16.7 Å². The quantitative estimate of drug-likeness (QED) is 0.785. The highest BCUT2D eigenvalue weighted by molar-refractivity contribution is 7.91. The van der Waals surface area contributed by atoms with Crippen LogP contribution < -0.4 is 5.32 Å². The van der Waals surface area contributed by atoms with Gasteiger partial charge in [0, 0.05) is 17.2 Å². The number of benzene rings is 1. The van der Waals surface area contributed by atoms with Crippen LogP contribution in [0, 0.1) is 12.1 Å². The summed E-state index contributed by atoms with van der Waals surface area (Å²) in [6.07, 6.45) is 1.10. The van der Waals surface area contributed by atoms with Crippen molar-refractivity contribution in [3.05, 3.63) is 64.2 Å². The van der Waals surface area contributed by atoms with Gasteiger partial charge >= 0.3 is 0 Å². The van der Waals surface area contributed by atoms with E-state index in [0.29, 0.717) is 30.0 Å². The van der Waals surface area contributed by atoms with Crippen molar-refractivity contribution >= 4 is 21.4 Å². The van der Waals surface area contributed by atoms with Gasteiger partial charge in [0.1, 0.15) is 0 Å². The second-order valence-corrected chi connectivity index (χ2v) is 9.14. The maximum Gasteiger partial charge on any atom is 0.178 e. The number of fused-ring (bicyclic) bond motifs is 2. The highest BCUT2D eigenvalue weighted by Gasteiger charge is 2.30. The third kappa shape index (κ3) is 3.89. The fraction of sp³-hybridized carbons (Fsp3) is 0.400. The first-order valence-electron chi connectivity index (χ1n) is 8.72. The molecule has 0 fully saturated rings. The van der Waals surface area contributed by atoms with E-state index in [2.05, 4.69) is 17.4 Å². The Morgan fingerprint density at radius 1 is 1.31 bits per heavy atom. The highest BCUT2D eigenvalue weighted by atomic mass is 35.5. The number of rotatable bonds is 4. The van der Waals surface area contributed by atoms with Gasteiger partial charge in [-0.1, -0.05) is 36.7 Å². The summed E-state index contributed by atoms with van der Waals surface area (Å²) in [4.78, 5) is 0.277. The molecule has 0 saturated heterocycles. The molecule has 0 spiro atoms. The van der Waals surface area contributed by atoms with Crippen molar-refractivity contribution in [2.24, 2.45) is 0 Å². The SMILES string of the molecule is CC1CCS(=O)(=O)c2cc(Cl)ccc2C(NCCCO)c2ccc#cc21. The van der Waals surface area contributed by atoms with Gasteiger partial charge in [0.25, 0.3) is 0 Å². The summed E-state index contributed by atoms with van der Waals surface area (Å²) >= 11 is 6.11. The second kappa shape index (κ2) is 7.98. The lowest BCUT2D eigenvalue weighted by atomic mass is 9.88. The molecule has 2 aromatic carbocycles. The molecule has 6 heteroatoms. The fourth-order valence-electron chi connectivity index (χ4n) is 3.39. The van der Waals surface area contributed by atoms with Crippen LogP contribution in [0.1, 0.15) is 48.4 Å². The first-order valence-corrected chi connectivity index (χ1v) is 10.8. The van der Waals surface area contributed by atoms with Crippen LogP contribution in [-0.2, 0) is 9.84 Å². The molecule has 2 aromatic rings. The number of nitrogens with one attached hydrogen (secondary N) is 1. The molecule has 0 aromatic heterocycles. The van der Waals surface area contributed by atoms with Crippen LogP contribution >= 0.6 is 11.6 Å². The average molecular weight is 392 g/mol. The Morgan fingerprint density at radius 2 is 2.12 bits per heavy atom. The molecule has 0 saturated carbocycles. The zero-order valence-electron chi connectivity index (χ0n) is 14.6. The van der Waals surface area contributed by atoms with E-state index in [1.807, 2.05) is 13.0 Å². The van der Waals surface area contributed by atoms with Crippen molar-refractivity contribution in [1.82, 2.24) is 5.32 Å². The van der Waals surface area contributed by atoms with Crippen molar-refractivity contribution in [3.63, 3.8) is 0 Å². The third-order valence-corrected chi connectivity index (χ3v) is 6.82. The Bertz CT molecular complexity index is 882. The van der Waals surface area contributed by atoms with E-state index in [9.17, 15) is 8.42 Å². The number of hydrogen-bond donors (Lipinski definition) is 2. The molecule has 2 atom stereocenters. The highest BCUT2D eigenvalue weighted by Crippen LogP contribution is 2.37. The molecule has 0 amide bonds. The lowest BCUT2D eigenvalue weighted by Crippen LogP contribution is -2.26. The van der Waals surface area contributed by atoms with E-state index in [1.54, 1.807) is 24.3 Å². The Kier molecular flexibility index (Phi) is 5.89. The standard InChI is InChI=1S/C20H22ClNO3S/c1-14-9-12-26(24,25)19-13-15(21)7-8-18(19)20(22-10-4-11-23)17-6-3-2-5-16(14)17/h3,6-8,13-14,20,22-23H,4,9-12H2,1H3. The molecule has 138 valence electrons. The number of sulfone groups is 1. The molecule has 0 radical (unpaired) electrons. The molecule has 4 nitrogen and oxygen atoms in total. The van der Waals surface area contributed by atoms with Gasteiger partial charge in [0.2, 0.25) is 0 Å². The van der Waals surface area contributed by atoms with Crippen molar-refractivity contribution in [2.45, 2.75) is 36.6 Å². The predicted molar refractivity (Wildman–Crippen MR) is 102 cm³/mol. The second-order valence-electron chi connectivity index (χ2n) is 6.63. The van der Waals surface area contributed by atoms with E-state index in [0.717, 1.165) is 11.1 Å². The number of aliphatic hydroxyl groups is 1. The molecule has 1 aliphatic heterocycles. The smallest absolute Gasteiger partial charge is 0.178 e. The van der Waals surface area contributed by atoms with Crippen LogP contribution in [0.25, 0.3) is 0 Å². The van der Waals surface area contributed by atoms with Gasteiger partial charge < -0.3 is 10.4 Å². The van der Waals surface area contributed by atoms with Gasteiger partial charge in [-0.2, -0.15) is 0 Å². The first kappa shape index (κ1) is 19.2. The summed E-state index contributed by atoms with van der Waals surface area (Å²) in [5, 5.41) is 12.9. The molecule has 2 N–H and O–H groups in total. The molecule has 26 heavy (non-hydrogen) atoms. The summed E-state index contributed by atoms with van der Waals surface area (Å²) in [7, 11) is -3.46. The minimum absolute atomic E-state index is 0.0455. The van der Waals surface area contributed by atoms with Gasteiger partial charge in [-0.25, -0.2) is 8.42 Å². The van der Waals surface area contributed by atoms with Crippen molar-refractivity contribution in [2.75, 3.05) is 18.9 Å². The van der Waals surface area contributed by atoms with E-state index >= 15 is 0 Å². The maximum absolute atomic E-state index is 13.0. The Morgan fingerprint density at radius 3 is 2.88 bits per heavy atom. The van der Waals surface area contributed by atoms with Crippen molar-refractivity contribution < 1.29 is 13.5 Å². The molecule has 0 bridgehead atoms. The van der Waals surface area contributed by atoms with E-state index in [-0.39, 0.29) is 29.2 Å². The fourth-order valence-corrected chi connectivity index (χ4v) is 5.36. The maximum atomic E-state index is 13.0. The topological polar surface area (TPSA) is 66.4 Å². The molecule has 3 rings (SSSR count). The Balaban J connectivity index is 2.22. The monoisotopic (exact) mass is 391 g/mol. The summed E-state index contributed by atoms with van der Waals surface area (Å²) in [6.45, 7) is 2.66. The normalized spacial score (nSPS) is 21.5. The van der Waals surface area contributed by atoms with Crippen LogP contribution in [0.15, 0.2) is 35.2 Å². The molecular weight excluding hydrogens is 370 g/mol. The lowest BCUT2D eigenvalue weighted by molar-refractivity contribution is 0.284. The molecule has 2 unspecified atom stereocenters.